The first-order valence-corrected chi connectivity index (χ1v) is 7.36. The van der Waals surface area contributed by atoms with Crippen LogP contribution in [0.4, 0.5) is 5.82 Å². The van der Waals surface area contributed by atoms with E-state index in [-0.39, 0.29) is 0 Å². The highest BCUT2D eigenvalue weighted by molar-refractivity contribution is 5.52. The summed E-state index contributed by atoms with van der Waals surface area (Å²) in [4.78, 5) is 10.2. The van der Waals surface area contributed by atoms with Crippen LogP contribution in [0.25, 0.3) is 0 Å². The zero-order chi connectivity index (χ0) is 15.3. The number of hydrogen-bond donors (Lipinski definition) is 3. The smallest absolute Gasteiger partial charge is 0.137 e. The molecule has 0 saturated carbocycles. The number of anilines is 1. The number of H-pyrrole nitrogens is 1. The van der Waals surface area contributed by atoms with Gasteiger partial charge in [0.15, 0.2) is 0 Å². The molecule has 0 saturated heterocycles. The molecule has 0 amide bonds. The number of aldehydes is 1. The predicted molar refractivity (Wildman–Crippen MR) is 84.8 cm³/mol. The zero-order valence-corrected chi connectivity index (χ0v) is 12.9. The molecule has 0 fully saturated rings. The van der Waals surface area contributed by atoms with Gasteiger partial charge >= 0.3 is 0 Å². The van der Waals surface area contributed by atoms with Gasteiger partial charge in [0.05, 0.1) is 11.8 Å². The molecular weight excluding hydrogens is 266 g/mol. The second-order valence-electron chi connectivity index (χ2n) is 4.81. The third-order valence-corrected chi connectivity index (χ3v) is 3.04. The van der Waals surface area contributed by atoms with Crippen molar-refractivity contribution in [3.63, 3.8) is 0 Å². The highest BCUT2D eigenvalue weighted by Crippen LogP contribution is 2.07. The molecule has 0 atom stereocenters. The predicted octanol–water partition coefficient (Wildman–Crippen LogP) is 1.39. The maximum Gasteiger partial charge on any atom is 0.137 e. The Morgan fingerprint density at radius 3 is 3.05 bits per heavy atom. The van der Waals surface area contributed by atoms with E-state index in [0.717, 1.165) is 56.4 Å². The molecule has 6 heteroatoms. The van der Waals surface area contributed by atoms with Crippen molar-refractivity contribution in [3.8, 4) is 11.8 Å². The van der Waals surface area contributed by atoms with Gasteiger partial charge in [0, 0.05) is 40.0 Å². The van der Waals surface area contributed by atoms with Crippen molar-refractivity contribution in [1.29, 1.82) is 0 Å². The Balaban J connectivity index is 2.08. The molecule has 1 rings (SSSR count). The molecule has 0 aliphatic rings. The number of aromatic amines is 1. The molecule has 0 aliphatic carbocycles. The van der Waals surface area contributed by atoms with Crippen LogP contribution in [0.1, 0.15) is 37.7 Å². The van der Waals surface area contributed by atoms with Gasteiger partial charge in [-0.2, -0.15) is 5.10 Å². The first-order valence-electron chi connectivity index (χ1n) is 7.36. The Bertz CT molecular complexity index is 460. The van der Waals surface area contributed by atoms with Crippen LogP contribution in [-0.2, 0) is 4.79 Å². The van der Waals surface area contributed by atoms with Crippen molar-refractivity contribution in [2.45, 2.75) is 32.1 Å². The summed E-state index contributed by atoms with van der Waals surface area (Å²) in [6.07, 6.45) is 7.20. The minimum absolute atomic E-state index is 0.659. The van der Waals surface area contributed by atoms with Gasteiger partial charge in [0.1, 0.15) is 12.1 Å². The zero-order valence-electron chi connectivity index (χ0n) is 12.9. The van der Waals surface area contributed by atoms with Crippen LogP contribution in [0.15, 0.2) is 6.20 Å². The normalized spacial score (nSPS) is 10.2. The van der Waals surface area contributed by atoms with Crippen LogP contribution in [0.2, 0.25) is 0 Å². The van der Waals surface area contributed by atoms with Gasteiger partial charge in [0.2, 0.25) is 0 Å². The molecule has 1 heterocycles. The maximum atomic E-state index is 10.2. The standard InChI is InChI=1S/C15H25N5O/c1-16-15-14(13-17-19-15)9-5-3-6-10-18-20(2)11-7-4-8-12-21/h12-13,18H,3-4,6-8,10-11H2,1-2H3,(H2,16,17,19). The Morgan fingerprint density at radius 2 is 2.29 bits per heavy atom. The van der Waals surface area contributed by atoms with E-state index in [1.165, 1.54) is 0 Å². The molecule has 0 spiro atoms. The summed E-state index contributed by atoms with van der Waals surface area (Å²) in [5.74, 6) is 7.11. The third-order valence-electron chi connectivity index (χ3n) is 3.04. The number of unbranched alkanes of at least 4 members (excludes halogenated alkanes) is 3. The Kier molecular flexibility index (Phi) is 8.93. The monoisotopic (exact) mass is 291 g/mol. The highest BCUT2D eigenvalue weighted by atomic mass is 16.1. The highest BCUT2D eigenvalue weighted by Gasteiger charge is 1.98. The summed E-state index contributed by atoms with van der Waals surface area (Å²) in [6.45, 7) is 1.86. The third kappa shape index (κ3) is 7.49. The van der Waals surface area contributed by atoms with E-state index < -0.39 is 0 Å². The summed E-state index contributed by atoms with van der Waals surface area (Å²) in [6, 6.07) is 0. The van der Waals surface area contributed by atoms with Crippen LogP contribution in [0, 0.1) is 11.8 Å². The molecule has 3 N–H and O–H groups in total. The molecule has 1 aromatic rings. The lowest BCUT2D eigenvalue weighted by Gasteiger charge is -2.17. The Labute approximate surface area is 126 Å². The van der Waals surface area contributed by atoms with Crippen LogP contribution in [-0.4, -0.2) is 48.7 Å². The SMILES string of the molecule is CNc1[nH]ncc1C#CCCCNN(C)CCCCC=O. The number of carbonyl (C=O) groups is 1. The Hall–Kier alpha value is -1.84. The number of aromatic nitrogens is 2. The van der Waals surface area contributed by atoms with Crippen molar-refractivity contribution < 1.29 is 4.79 Å². The molecule has 0 unspecified atom stereocenters. The quantitative estimate of drug-likeness (QED) is 0.263. The number of hydrogen-bond acceptors (Lipinski definition) is 5. The van der Waals surface area contributed by atoms with E-state index >= 15 is 0 Å². The molecular formula is C15H25N5O. The summed E-state index contributed by atoms with van der Waals surface area (Å²) in [7, 11) is 3.87. The fourth-order valence-electron chi connectivity index (χ4n) is 1.83. The van der Waals surface area contributed by atoms with Crippen molar-refractivity contribution >= 4 is 12.1 Å². The van der Waals surface area contributed by atoms with Gasteiger partial charge in [-0.25, -0.2) is 5.01 Å². The van der Waals surface area contributed by atoms with Crippen molar-refractivity contribution in [2.75, 3.05) is 32.5 Å². The number of nitrogens with zero attached hydrogens (tertiary/aromatic N) is 2. The first-order chi connectivity index (χ1) is 10.3. The number of hydrazine groups is 1. The van der Waals surface area contributed by atoms with E-state index in [1.807, 2.05) is 14.1 Å². The summed E-state index contributed by atoms with van der Waals surface area (Å²) in [5.41, 5.74) is 4.22. The average molecular weight is 291 g/mol. The fourth-order valence-corrected chi connectivity index (χ4v) is 1.83. The van der Waals surface area contributed by atoms with Crippen molar-refractivity contribution in [1.82, 2.24) is 20.6 Å². The van der Waals surface area contributed by atoms with Crippen molar-refractivity contribution in [2.24, 2.45) is 0 Å². The molecule has 21 heavy (non-hydrogen) atoms. The molecule has 6 nitrogen and oxygen atoms in total. The fraction of sp³-hybridized carbons (Fsp3) is 0.600. The van der Waals surface area contributed by atoms with Gasteiger partial charge in [-0.1, -0.05) is 11.8 Å². The van der Waals surface area contributed by atoms with E-state index in [1.54, 1.807) is 6.20 Å². The molecule has 1 aromatic heterocycles. The minimum atomic E-state index is 0.659. The topological polar surface area (TPSA) is 73.1 Å². The summed E-state index contributed by atoms with van der Waals surface area (Å²) >= 11 is 0. The van der Waals surface area contributed by atoms with Gasteiger partial charge in [0.25, 0.3) is 0 Å². The van der Waals surface area contributed by atoms with Crippen LogP contribution >= 0.6 is 0 Å². The lowest BCUT2D eigenvalue weighted by Crippen LogP contribution is -2.35. The number of nitrogens with one attached hydrogen (secondary N) is 3. The lowest BCUT2D eigenvalue weighted by atomic mass is 10.2. The van der Waals surface area contributed by atoms with Gasteiger partial charge in [-0.05, 0) is 19.3 Å². The van der Waals surface area contributed by atoms with E-state index in [2.05, 4.69) is 37.8 Å². The first kappa shape index (κ1) is 17.2. The largest absolute Gasteiger partial charge is 0.372 e. The van der Waals surface area contributed by atoms with E-state index in [0.29, 0.717) is 6.42 Å². The summed E-state index contributed by atoms with van der Waals surface area (Å²) in [5, 5.41) is 11.9. The number of carbonyl (C=O) groups excluding carboxylic acids is 1. The average Bonchev–Trinajstić information content (AvgIpc) is 2.94. The Morgan fingerprint density at radius 1 is 1.43 bits per heavy atom. The van der Waals surface area contributed by atoms with Gasteiger partial charge in [-0.3, -0.25) is 10.5 Å². The van der Waals surface area contributed by atoms with E-state index in [4.69, 9.17) is 0 Å². The molecule has 0 radical (unpaired) electrons. The second-order valence-corrected chi connectivity index (χ2v) is 4.81. The summed E-state index contributed by atoms with van der Waals surface area (Å²) < 4.78 is 0. The molecule has 116 valence electrons. The molecule has 0 aromatic carbocycles. The van der Waals surface area contributed by atoms with Crippen molar-refractivity contribution in [3.05, 3.63) is 11.8 Å². The molecule has 0 bridgehead atoms. The minimum Gasteiger partial charge on any atom is -0.372 e. The molecule has 0 aliphatic heterocycles. The number of rotatable bonds is 10. The van der Waals surface area contributed by atoms with Gasteiger partial charge in [-0.15, -0.1) is 0 Å². The van der Waals surface area contributed by atoms with Gasteiger partial charge < -0.3 is 10.1 Å². The van der Waals surface area contributed by atoms with Crippen LogP contribution < -0.4 is 10.7 Å². The second kappa shape index (κ2) is 10.9. The lowest BCUT2D eigenvalue weighted by molar-refractivity contribution is -0.107. The van der Waals surface area contributed by atoms with Crippen LogP contribution in [0.3, 0.4) is 0 Å². The van der Waals surface area contributed by atoms with E-state index in [9.17, 15) is 4.79 Å². The van der Waals surface area contributed by atoms with Crippen LogP contribution in [0.5, 0.6) is 0 Å². The maximum absolute atomic E-state index is 10.2.